The molecule has 0 bridgehead atoms. The van der Waals surface area contributed by atoms with Crippen molar-refractivity contribution in [3.63, 3.8) is 0 Å². The van der Waals surface area contributed by atoms with Gasteiger partial charge in [0.1, 0.15) is 5.75 Å². The van der Waals surface area contributed by atoms with Gasteiger partial charge in [0.05, 0.1) is 11.1 Å². The molecule has 0 N–H and O–H groups in total. The highest BCUT2D eigenvalue weighted by atomic mass is 35.5. The maximum atomic E-state index is 12.1. The van der Waals surface area contributed by atoms with Gasteiger partial charge in [-0.2, -0.15) is 0 Å². The molecule has 0 amide bonds. The monoisotopic (exact) mass is 387 g/mol. The van der Waals surface area contributed by atoms with Crippen LogP contribution in [0.5, 0.6) is 11.6 Å². The second-order valence-electron chi connectivity index (χ2n) is 5.13. The minimum Gasteiger partial charge on any atom is -0.423 e. The molecule has 5 nitrogen and oxygen atoms in total. The van der Waals surface area contributed by atoms with Crippen molar-refractivity contribution in [2.75, 3.05) is 0 Å². The lowest BCUT2D eigenvalue weighted by molar-refractivity contribution is 0.0726. The lowest BCUT2D eigenvalue weighted by Crippen LogP contribution is -2.11. The molecule has 130 valence electrons. The van der Waals surface area contributed by atoms with Crippen molar-refractivity contribution in [1.82, 2.24) is 4.98 Å². The van der Waals surface area contributed by atoms with Gasteiger partial charge in [-0.15, -0.1) is 0 Å². The molecule has 3 rings (SSSR count). The summed E-state index contributed by atoms with van der Waals surface area (Å²) in [7, 11) is 0. The minimum atomic E-state index is -0.627. The first kappa shape index (κ1) is 17.9. The Morgan fingerprint density at radius 1 is 0.769 bits per heavy atom. The number of esters is 2. The molecule has 0 unspecified atom stereocenters. The Balaban J connectivity index is 1.72. The van der Waals surface area contributed by atoms with Crippen LogP contribution in [-0.4, -0.2) is 16.9 Å². The number of ether oxygens (including phenoxy) is 2. The average molecular weight is 388 g/mol. The van der Waals surface area contributed by atoms with E-state index < -0.39 is 11.9 Å². The van der Waals surface area contributed by atoms with Gasteiger partial charge >= 0.3 is 11.9 Å². The highest BCUT2D eigenvalue weighted by Gasteiger charge is 2.13. The van der Waals surface area contributed by atoms with E-state index in [9.17, 15) is 9.59 Å². The first-order chi connectivity index (χ1) is 12.5. The summed E-state index contributed by atoms with van der Waals surface area (Å²) < 4.78 is 10.4. The summed E-state index contributed by atoms with van der Waals surface area (Å²) in [6, 6.07) is 15.5. The number of benzene rings is 2. The Labute approximate surface area is 159 Å². The topological polar surface area (TPSA) is 65.5 Å². The van der Waals surface area contributed by atoms with Crippen LogP contribution >= 0.6 is 23.2 Å². The molecular weight excluding hydrogens is 377 g/mol. The second kappa shape index (κ2) is 7.99. The Bertz CT molecular complexity index is 900. The van der Waals surface area contributed by atoms with Crippen LogP contribution < -0.4 is 9.47 Å². The Hall–Kier alpha value is -2.89. The molecule has 0 aliphatic rings. The first-order valence-corrected chi connectivity index (χ1v) is 8.18. The van der Waals surface area contributed by atoms with Crippen LogP contribution in [0.4, 0.5) is 0 Å². The van der Waals surface area contributed by atoms with E-state index in [4.69, 9.17) is 32.7 Å². The summed E-state index contributed by atoms with van der Waals surface area (Å²) in [5.74, 6) is -1.05. The Morgan fingerprint density at radius 2 is 1.35 bits per heavy atom. The normalized spacial score (nSPS) is 10.2. The molecule has 0 saturated heterocycles. The van der Waals surface area contributed by atoms with Crippen molar-refractivity contribution in [2.45, 2.75) is 0 Å². The van der Waals surface area contributed by atoms with Gasteiger partial charge in [-0.1, -0.05) is 35.3 Å². The molecule has 0 radical (unpaired) electrons. The van der Waals surface area contributed by atoms with Gasteiger partial charge in [-0.25, -0.2) is 14.6 Å². The molecular formula is C19H11Cl2NO4. The quantitative estimate of drug-likeness (QED) is 0.600. The smallest absolute Gasteiger partial charge is 0.344 e. The van der Waals surface area contributed by atoms with Crippen LogP contribution in [0.25, 0.3) is 0 Å². The van der Waals surface area contributed by atoms with E-state index in [0.717, 1.165) is 0 Å². The van der Waals surface area contributed by atoms with Crippen molar-refractivity contribution in [2.24, 2.45) is 0 Å². The van der Waals surface area contributed by atoms with Crippen LogP contribution in [0.3, 0.4) is 0 Å². The third-order valence-corrected chi connectivity index (χ3v) is 3.70. The number of hydrogen-bond acceptors (Lipinski definition) is 5. The average Bonchev–Trinajstić information content (AvgIpc) is 2.62. The summed E-state index contributed by atoms with van der Waals surface area (Å²) in [5.41, 5.74) is 0.576. The zero-order valence-corrected chi connectivity index (χ0v) is 14.7. The van der Waals surface area contributed by atoms with Gasteiger partial charge in [-0.05, 0) is 42.5 Å². The third-order valence-electron chi connectivity index (χ3n) is 3.23. The summed E-state index contributed by atoms with van der Waals surface area (Å²) in [6.45, 7) is 0. The SMILES string of the molecule is O=C(Oc1ccnc(OC(=O)c2cccc(Cl)c2)c1)c1cccc(Cl)c1. The fourth-order valence-corrected chi connectivity index (χ4v) is 2.44. The molecule has 1 heterocycles. The number of pyridine rings is 1. The summed E-state index contributed by atoms with van der Waals surface area (Å²) >= 11 is 11.7. The molecule has 0 spiro atoms. The van der Waals surface area contributed by atoms with Gasteiger partial charge in [0, 0.05) is 22.3 Å². The predicted octanol–water partition coefficient (Wildman–Crippen LogP) is 4.83. The fraction of sp³-hybridized carbons (Fsp3) is 0. The number of hydrogen-bond donors (Lipinski definition) is 0. The van der Waals surface area contributed by atoms with Crippen LogP contribution in [0.2, 0.25) is 10.0 Å². The van der Waals surface area contributed by atoms with Crippen LogP contribution in [0, 0.1) is 0 Å². The number of nitrogens with zero attached hydrogens (tertiary/aromatic N) is 1. The molecule has 2 aromatic carbocycles. The first-order valence-electron chi connectivity index (χ1n) is 7.43. The Kier molecular flexibility index (Phi) is 5.51. The molecule has 26 heavy (non-hydrogen) atoms. The van der Waals surface area contributed by atoms with Crippen molar-refractivity contribution < 1.29 is 19.1 Å². The number of carbonyl (C=O) groups is 2. The van der Waals surface area contributed by atoms with Crippen molar-refractivity contribution in [3.05, 3.63) is 88.0 Å². The molecule has 1 aromatic heterocycles. The van der Waals surface area contributed by atoms with Gasteiger partial charge in [0.25, 0.3) is 0 Å². The molecule has 0 atom stereocenters. The molecule has 7 heteroatoms. The Morgan fingerprint density at radius 3 is 1.92 bits per heavy atom. The van der Waals surface area contributed by atoms with E-state index in [2.05, 4.69) is 4.98 Å². The highest BCUT2D eigenvalue weighted by Crippen LogP contribution is 2.20. The molecule has 3 aromatic rings. The number of carbonyl (C=O) groups excluding carboxylic acids is 2. The van der Waals surface area contributed by atoms with Crippen LogP contribution in [0.15, 0.2) is 66.9 Å². The van der Waals surface area contributed by atoms with Crippen molar-refractivity contribution >= 4 is 35.1 Å². The lowest BCUT2D eigenvalue weighted by atomic mass is 10.2. The minimum absolute atomic E-state index is 0.00799. The van der Waals surface area contributed by atoms with Crippen LogP contribution in [-0.2, 0) is 0 Å². The third kappa shape index (κ3) is 4.59. The molecule has 0 saturated carbocycles. The van der Waals surface area contributed by atoms with E-state index in [0.29, 0.717) is 15.6 Å². The number of aromatic nitrogens is 1. The maximum absolute atomic E-state index is 12.1. The summed E-state index contributed by atoms with van der Waals surface area (Å²) in [4.78, 5) is 28.2. The van der Waals surface area contributed by atoms with E-state index in [1.165, 1.54) is 30.5 Å². The van der Waals surface area contributed by atoms with Crippen molar-refractivity contribution in [3.8, 4) is 11.6 Å². The lowest BCUT2D eigenvalue weighted by Gasteiger charge is -2.07. The highest BCUT2D eigenvalue weighted by molar-refractivity contribution is 6.31. The van der Waals surface area contributed by atoms with E-state index in [-0.39, 0.29) is 17.2 Å². The fourth-order valence-electron chi connectivity index (χ4n) is 2.06. The second-order valence-corrected chi connectivity index (χ2v) is 6.00. The zero-order valence-electron chi connectivity index (χ0n) is 13.2. The van der Waals surface area contributed by atoms with Gasteiger partial charge < -0.3 is 9.47 Å². The number of halogens is 2. The molecule has 0 aliphatic heterocycles. The molecule has 0 fully saturated rings. The van der Waals surface area contributed by atoms with Gasteiger partial charge in [-0.3, -0.25) is 0 Å². The van der Waals surface area contributed by atoms with Crippen molar-refractivity contribution in [1.29, 1.82) is 0 Å². The summed E-state index contributed by atoms with van der Waals surface area (Å²) in [6.07, 6.45) is 1.36. The summed E-state index contributed by atoms with van der Waals surface area (Å²) in [5, 5.41) is 0.835. The predicted molar refractivity (Wildman–Crippen MR) is 97.1 cm³/mol. The number of rotatable bonds is 4. The largest absolute Gasteiger partial charge is 0.423 e. The van der Waals surface area contributed by atoms with E-state index in [1.54, 1.807) is 36.4 Å². The van der Waals surface area contributed by atoms with Gasteiger partial charge in [0.2, 0.25) is 5.88 Å². The van der Waals surface area contributed by atoms with Gasteiger partial charge in [0.15, 0.2) is 0 Å². The maximum Gasteiger partial charge on any atom is 0.344 e. The molecule has 0 aliphatic carbocycles. The van der Waals surface area contributed by atoms with E-state index in [1.807, 2.05) is 0 Å². The zero-order chi connectivity index (χ0) is 18.5. The van der Waals surface area contributed by atoms with Crippen LogP contribution in [0.1, 0.15) is 20.7 Å². The van der Waals surface area contributed by atoms with E-state index >= 15 is 0 Å². The standard InChI is InChI=1S/C19H11Cl2NO4/c20-14-5-1-3-12(9-14)18(23)25-16-7-8-22-17(11-16)26-19(24)13-4-2-6-15(21)10-13/h1-11H.